The average molecular weight is 446 g/mol. The highest BCUT2D eigenvalue weighted by molar-refractivity contribution is 5.93. The molecular formula is C25H20F2N4O2. The number of hydrogen-bond donors (Lipinski definition) is 1. The Kier molecular flexibility index (Phi) is 5.05. The summed E-state index contributed by atoms with van der Waals surface area (Å²) in [6.45, 7) is 1.87. The van der Waals surface area contributed by atoms with Crippen molar-refractivity contribution in [3.63, 3.8) is 0 Å². The molecule has 0 saturated carbocycles. The van der Waals surface area contributed by atoms with Crippen LogP contribution in [-0.4, -0.2) is 21.6 Å². The smallest absolute Gasteiger partial charge is 0.181 e. The summed E-state index contributed by atoms with van der Waals surface area (Å²) in [4.78, 5) is 8.81. The van der Waals surface area contributed by atoms with Gasteiger partial charge in [0.2, 0.25) is 0 Å². The summed E-state index contributed by atoms with van der Waals surface area (Å²) in [5, 5.41) is 3.37. The highest BCUT2D eigenvalue weighted by Gasteiger charge is 2.17. The number of nitrogens with one attached hydrogen (secondary N) is 1. The van der Waals surface area contributed by atoms with Crippen LogP contribution in [0.1, 0.15) is 5.69 Å². The number of hydrogen-bond acceptors (Lipinski definition) is 5. The molecular weight excluding hydrogens is 426 g/mol. The molecule has 0 fully saturated rings. The van der Waals surface area contributed by atoms with Gasteiger partial charge in [-0.2, -0.15) is 0 Å². The van der Waals surface area contributed by atoms with Crippen LogP contribution >= 0.6 is 0 Å². The normalized spacial score (nSPS) is 11.2. The van der Waals surface area contributed by atoms with E-state index in [0.717, 1.165) is 34.2 Å². The fraction of sp³-hybridized carbons (Fsp3) is 0.120. The first kappa shape index (κ1) is 20.7. The van der Waals surface area contributed by atoms with Crippen molar-refractivity contribution in [1.82, 2.24) is 14.5 Å². The lowest BCUT2D eigenvalue weighted by Crippen LogP contribution is -1.95. The number of nitrogens with zero attached hydrogens (tertiary/aromatic N) is 3. The van der Waals surface area contributed by atoms with Crippen molar-refractivity contribution in [2.24, 2.45) is 7.05 Å². The number of halogens is 2. The highest BCUT2D eigenvalue weighted by Crippen LogP contribution is 2.36. The quantitative estimate of drug-likeness (QED) is 0.347. The second-order valence-corrected chi connectivity index (χ2v) is 7.60. The summed E-state index contributed by atoms with van der Waals surface area (Å²) in [7, 11) is 3.39. The van der Waals surface area contributed by atoms with E-state index in [1.165, 1.54) is 18.5 Å². The van der Waals surface area contributed by atoms with E-state index in [4.69, 9.17) is 9.15 Å². The second kappa shape index (κ2) is 8.05. The van der Waals surface area contributed by atoms with Crippen LogP contribution in [0.4, 0.5) is 20.2 Å². The van der Waals surface area contributed by atoms with E-state index in [9.17, 15) is 8.78 Å². The molecule has 8 heteroatoms. The summed E-state index contributed by atoms with van der Waals surface area (Å²) >= 11 is 0. The molecule has 0 aliphatic carbocycles. The van der Waals surface area contributed by atoms with Crippen LogP contribution in [0.15, 0.2) is 65.4 Å². The van der Waals surface area contributed by atoms with Gasteiger partial charge in [-0.15, -0.1) is 0 Å². The lowest BCUT2D eigenvalue weighted by atomic mass is 10.1. The molecule has 5 aromatic rings. The predicted octanol–water partition coefficient (Wildman–Crippen LogP) is 6.23. The van der Waals surface area contributed by atoms with Crippen molar-refractivity contribution < 1.29 is 17.9 Å². The summed E-state index contributed by atoms with van der Waals surface area (Å²) < 4.78 is 40.7. The summed E-state index contributed by atoms with van der Waals surface area (Å²) in [5.41, 5.74) is 4.78. The second-order valence-electron chi connectivity index (χ2n) is 7.60. The van der Waals surface area contributed by atoms with E-state index in [0.29, 0.717) is 22.9 Å². The van der Waals surface area contributed by atoms with Crippen LogP contribution in [0.2, 0.25) is 0 Å². The number of benzene rings is 3. The third kappa shape index (κ3) is 3.59. The molecule has 2 heterocycles. The lowest BCUT2D eigenvalue weighted by Gasteiger charge is -2.12. The third-order valence-corrected chi connectivity index (χ3v) is 5.55. The first-order chi connectivity index (χ1) is 16.0. The predicted molar refractivity (Wildman–Crippen MR) is 123 cm³/mol. The Morgan fingerprint density at radius 2 is 1.85 bits per heavy atom. The third-order valence-electron chi connectivity index (χ3n) is 5.55. The van der Waals surface area contributed by atoms with Crippen molar-refractivity contribution >= 4 is 22.4 Å². The molecule has 6 nitrogen and oxygen atoms in total. The van der Waals surface area contributed by atoms with E-state index in [1.807, 2.05) is 43.3 Å². The molecule has 5 rings (SSSR count). The first-order valence-corrected chi connectivity index (χ1v) is 10.2. The van der Waals surface area contributed by atoms with Gasteiger partial charge in [0.1, 0.15) is 28.7 Å². The maximum atomic E-state index is 14.4. The van der Waals surface area contributed by atoms with Crippen molar-refractivity contribution in [3.05, 3.63) is 78.3 Å². The summed E-state index contributed by atoms with van der Waals surface area (Å²) in [6, 6.07) is 14.8. The Labute approximate surface area is 188 Å². The van der Waals surface area contributed by atoms with Gasteiger partial charge in [-0.3, -0.25) is 0 Å². The minimum Gasteiger partial charge on any atom is -0.496 e. The number of imidazole rings is 1. The molecule has 0 saturated heterocycles. The number of methoxy groups -OCH3 is 1. The first-order valence-electron chi connectivity index (χ1n) is 10.2. The van der Waals surface area contributed by atoms with E-state index >= 15 is 0 Å². The summed E-state index contributed by atoms with van der Waals surface area (Å²) in [5.74, 6) is 0.394. The van der Waals surface area contributed by atoms with Gasteiger partial charge in [0.25, 0.3) is 0 Å². The highest BCUT2D eigenvalue weighted by atomic mass is 19.1. The molecule has 0 unspecified atom stereocenters. The molecule has 0 spiro atoms. The van der Waals surface area contributed by atoms with Crippen molar-refractivity contribution in [2.45, 2.75) is 6.92 Å². The molecule has 0 radical (unpaired) electrons. The Bertz CT molecular complexity index is 1490. The van der Waals surface area contributed by atoms with Crippen LogP contribution in [0.5, 0.6) is 5.75 Å². The standard InChI is InChI=1S/C25H20F2N4O2/c1-14-24(33-13-28-14)18-10-8-16(12-22(18)32-3)29-20-5-4-6-21-23(20)30-25(31(21)2)17-9-7-15(26)11-19(17)27/h4-13,29H,1-3H3. The average Bonchev–Trinajstić information content (AvgIpc) is 3.38. The van der Waals surface area contributed by atoms with Crippen LogP contribution in [0.25, 0.3) is 33.7 Å². The van der Waals surface area contributed by atoms with Crippen LogP contribution < -0.4 is 10.1 Å². The van der Waals surface area contributed by atoms with E-state index in [1.54, 1.807) is 18.7 Å². The molecule has 0 aliphatic heterocycles. The summed E-state index contributed by atoms with van der Waals surface area (Å²) in [6.07, 6.45) is 1.40. The van der Waals surface area contributed by atoms with Crippen LogP contribution in [0, 0.1) is 18.6 Å². The van der Waals surface area contributed by atoms with Gasteiger partial charge < -0.3 is 19.0 Å². The fourth-order valence-corrected chi connectivity index (χ4v) is 3.90. The molecule has 2 aromatic heterocycles. The lowest BCUT2D eigenvalue weighted by molar-refractivity contribution is 0.415. The zero-order chi connectivity index (χ0) is 23.1. The Morgan fingerprint density at radius 1 is 1.03 bits per heavy atom. The van der Waals surface area contributed by atoms with Crippen LogP contribution in [0.3, 0.4) is 0 Å². The molecule has 0 aliphatic rings. The minimum absolute atomic E-state index is 0.231. The molecule has 0 atom stereocenters. The van der Waals surface area contributed by atoms with Gasteiger partial charge in [0, 0.05) is 24.9 Å². The van der Waals surface area contributed by atoms with E-state index in [-0.39, 0.29) is 5.56 Å². The van der Waals surface area contributed by atoms with Crippen LogP contribution in [-0.2, 0) is 7.05 Å². The van der Waals surface area contributed by atoms with Gasteiger partial charge in [-0.1, -0.05) is 6.07 Å². The number of rotatable bonds is 5. The largest absolute Gasteiger partial charge is 0.496 e. The number of para-hydroxylation sites is 1. The van der Waals surface area contributed by atoms with Gasteiger partial charge in [0.15, 0.2) is 12.2 Å². The Balaban J connectivity index is 1.55. The topological polar surface area (TPSA) is 65.1 Å². The number of ether oxygens (including phenoxy) is 1. The van der Waals surface area contributed by atoms with Crippen molar-refractivity contribution in [2.75, 3.05) is 12.4 Å². The molecule has 33 heavy (non-hydrogen) atoms. The zero-order valence-electron chi connectivity index (χ0n) is 18.2. The number of anilines is 2. The fourth-order valence-electron chi connectivity index (χ4n) is 3.90. The molecule has 0 bridgehead atoms. The SMILES string of the molecule is COc1cc(Nc2cccc3c2nc(-c2ccc(F)cc2F)n3C)ccc1-c1ocnc1C. The molecule has 1 N–H and O–H groups in total. The monoisotopic (exact) mass is 446 g/mol. The van der Waals surface area contributed by atoms with Crippen molar-refractivity contribution in [3.8, 4) is 28.5 Å². The number of fused-ring (bicyclic) bond motifs is 1. The van der Waals surface area contributed by atoms with Gasteiger partial charge >= 0.3 is 0 Å². The maximum Gasteiger partial charge on any atom is 0.181 e. The van der Waals surface area contributed by atoms with Crippen molar-refractivity contribution in [1.29, 1.82) is 0 Å². The maximum absolute atomic E-state index is 14.4. The number of oxazole rings is 1. The van der Waals surface area contributed by atoms with Gasteiger partial charge in [-0.25, -0.2) is 18.7 Å². The number of aryl methyl sites for hydroxylation is 2. The van der Waals surface area contributed by atoms with Gasteiger partial charge in [-0.05, 0) is 43.3 Å². The minimum atomic E-state index is -0.661. The number of aromatic nitrogens is 3. The van der Waals surface area contributed by atoms with E-state index < -0.39 is 11.6 Å². The zero-order valence-corrected chi connectivity index (χ0v) is 18.2. The Hall–Kier alpha value is -4.20. The van der Waals surface area contributed by atoms with Gasteiger partial charge in [0.05, 0.1) is 35.1 Å². The molecule has 3 aromatic carbocycles. The molecule has 166 valence electrons. The Morgan fingerprint density at radius 3 is 2.58 bits per heavy atom. The van der Waals surface area contributed by atoms with E-state index in [2.05, 4.69) is 15.3 Å². The molecule has 0 amide bonds.